The standard InChI is InChI=1S/C10H12N2O2/c13-11-12-6-7-14-8-10(12)9-4-2-1-3-5-9/h1-5,10H,6-8H2/t10-/m0/s1. The zero-order valence-corrected chi connectivity index (χ0v) is 7.80. The number of ether oxygens (including phenoxy) is 1. The molecule has 0 saturated carbocycles. The summed E-state index contributed by atoms with van der Waals surface area (Å²) in [6.45, 7) is 1.69. The van der Waals surface area contributed by atoms with Crippen molar-refractivity contribution in [1.29, 1.82) is 0 Å². The molecule has 4 nitrogen and oxygen atoms in total. The highest BCUT2D eigenvalue weighted by Crippen LogP contribution is 2.23. The summed E-state index contributed by atoms with van der Waals surface area (Å²) in [7, 11) is 0. The lowest BCUT2D eigenvalue weighted by molar-refractivity contribution is -0.00830. The summed E-state index contributed by atoms with van der Waals surface area (Å²) in [5.74, 6) is 0. The smallest absolute Gasteiger partial charge is 0.0986 e. The van der Waals surface area contributed by atoms with Crippen LogP contribution in [0.15, 0.2) is 35.6 Å². The zero-order valence-electron chi connectivity index (χ0n) is 7.80. The van der Waals surface area contributed by atoms with Gasteiger partial charge in [0.05, 0.1) is 31.1 Å². The number of benzene rings is 1. The van der Waals surface area contributed by atoms with Crippen molar-refractivity contribution < 1.29 is 4.74 Å². The fraction of sp³-hybridized carbons (Fsp3) is 0.400. The van der Waals surface area contributed by atoms with Crippen molar-refractivity contribution in [2.75, 3.05) is 19.8 Å². The molecule has 1 heterocycles. The second-order valence-electron chi connectivity index (χ2n) is 3.25. The second-order valence-corrected chi connectivity index (χ2v) is 3.25. The summed E-state index contributed by atoms with van der Waals surface area (Å²) in [6, 6.07) is 9.79. The molecule has 1 aliphatic rings. The first kappa shape index (κ1) is 9.15. The normalized spacial score (nSPS) is 22.0. The molecule has 1 fully saturated rings. The Bertz CT molecular complexity index is 302. The molecular weight excluding hydrogens is 180 g/mol. The van der Waals surface area contributed by atoms with Gasteiger partial charge in [0.15, 0.2) is 0 Å². The fourth-order valence-corrected chi connectivity index (χ4v) is 1.64. The van der Waals surface area contributed by atoms with E-state index in [0.29, 0.717) is 19.8 Å². The van der Waals surface area contributed by atoms with Gasteiger partial charge in [-0.3, -0.25) is 0 Å². The highest BCUT2D eigenvalue weighted by Gasteiger charge is 2.23. The van der Waals surface area contributed by atoms with Gasteiger partial charge in [0, 0.05) is 0 Å². The van der Waals surface area contributed by atoms with Crippen molar-refractivity contribution in [1.82, 2.24) is 5.01 Å². The molecule has 1 atom stereocenters. The van der Waals surface area contributed by atoms with Gasteiger partial charge in [-0.2, -0.15) is 0 Å². The molecule has 0 aromatic heterocycles. The molecule has 0 amide bonds. The molecule has 74 valence electrons. The molecule has 0 spiro atoms. The summed E-state index contributed by atoms with van der Waals surface area (Å²) in [5, 5.41) is 4.55. The van der Waals surface area contributed by atoms with Gasteiger partial charge in [-0.1, -0.05) is 30.3 Å². The van der Waals surface area contributed by atoms with E-state index in [-0.39, 0.29) is 6.04 Å². The van der Waals surface area contributed by atoms with Crippen molar-refractivity contribution in [3.63, 3.8) is 0 Å². The Morgan fingerprint density at radius 2 is 2.14 bits per heavy atom. The van der Waals surface area contributed by atoms with Crippen molar-refractivity contribution in [3.8, 4) is 0 Å². The van der Waals surface area contributed by atoms with Crippen LogP contribution in [0.1, 0.15) is 11.6 Å². The van der Waals surface area contributed by atoms with Crippen LogP contribution in [0.5, 0.6) is 0 Å². The molecule has 1 aromatic rings. The van der Waals surface area contributed by atoms with Gasteiger partial charge in [-0.15, -0.1) is 4.91 Å². The molecule has 0 bridgehead atoms. The SMILES string of the molecule is O=NN1CCOC[C@H]1c1ccccc1. The summed E-state index contributed by atoms with van der Waals surface area (Å²) in [6.07, 6.45) is 0. The summed E-state index contributed by atoms with van der Waals surface area (Å²) < 4.78 is 5.33. The van der Waals surface area contributed by atoms with E-state index in [2.05, 4.69) is 5.29 Å². The number of nitrogens with zero attached hydrogens (tertiary/aromatic N) is 2. The van der Waals surface area contributed by atoms with Crippen LogP contribution in [0.4, 0.5) is 0 Å². The lowest BCUT2D eigenvalue weighted by atomic mass is 10.1. The summed E-state index contributed by atoms with van der Waals surface area (Å²) >= 11 is 0. The Balaban J connectivity index is 2.19. The van der Waals surface area contributed by atoms with Crippen LogP contribution in [0.3, 0.4) is 0 Å². The highest BCUT2D eigenvalue weighted by molar-refractivity contribution is 5.19. The van der Waals surface area contributed by atoms with Crippen LogP contribution in [0.25, 0.3) is 0 Å². The van der Waals surface area contributed by atoms with Gasteiger partial charge < -0.3 is 4.74 Å². The molecule has 2 rings (SSSR count). The molecule has 1 aliphatic heterocycles. The number of hydrogen-bond acceptors (Lipinski definition) is 3. The van der Waals surface area contributed by atoms with E-state index < -0.39 is 0 Å². The lowest BCUT2D eigenvalue weighted by Gasteiger charge is -2.30. The van der Waals surface area contributed by atoms with Gasteiger partial charge in [0.2, 0.25) is 0 Å². The predicted molar refractivity (Wildman–Crippen MR) is 52.5 cm³/mol. The third-order valence-corrected chi connectivity index (χ3v) is 2.39. The maximum atomic E-state index is 10.6. The first-order chi connectivity index (χ1) is 6.92. The minimum atomic E-state index is -0.0255. The van der Waals surface area contributed by atoms with Gasteiger partial charge in [-0.05, 0) is 5.56 Å². The maximum Gasteiger partial charge on any atom is 0.0986 e. The lowest BCUT2D eigenvalue weighted by Crippen LogP contribution is -2.35. The van der Waals surface area contributed by atoms with E-state index in [1.54, 1.807) is 5.01 Å². The average molecular weight is 192 g/mol. The average Bonchev–Trinajstić information content (AvgIpc) is 2.30. The van der Waals surface area contributed by atoms with Crippen molar-refractivity contribution in [3.05, 3.63) is 40.8 Å². The predicted octanol–water partition coefficient (Wildman–Crippen LogP) is 1.74. The number of hydrogen-bond donors (Lipinski definition) is 0. The Morgan fingerprint density at radius 1 is 1.36 bits per heavy atom. The number of rotatable bonds is 2. The maximum absolute atomic E-state index is 10.6. The van der Waals surface area contributed by atoms with Crippen LogP contribution in [0.2, 0.25) is 0 Å². The van der Waals surface area contributed by atoms with Crippen molar-refractivity contribution in [2.45, 2.75) is 6.04 Å². The van der Waals surface area contributed by atoms with E-state index in [9.17, 15) is 4.91 Å². The molecule has 0 radical (unpaired) electrons. The molecular formula is C10H12N2O2. The minimum Gasteiger partial charge on any atom is -0.377 e. The Labute approximate surface area is 82.4 Å². The largest absolute Gasteiger partial charge is 0.377 e. The first-order valence-electron chi connectivity index (χ1n) is 4.64. The highest BCUT2D eigenvalue weighted by atomic mass is 16.5. The fourth-order valence-electron chi connectivity index (χ4n) is 1.64. The number of nitroso groups, excluding NO2 is 1. The third kappa shape index (κ3) is 1.75. The zero-order chi connectivity index (χ0) is 9.80. The summed E-state index contributed by atoms with van der Waals surface area (Å²) in [4.78, 5) is 10.6. The monoisotopic (exact) mass is 192 g/mol. The van der Waals surface area contributed by atoms with Crippen LogP contribution in [-0.4, -0.2) is 24.8 Å². The van der Waals surface area contributed by atoms with E-state index in [0.717, 1.165) is 5.56 Å². The Morgan fingerprint density at radius 3 is 2.86 bits per heavy atom. The van der Waals surface area contributed by atoms with Gasteiger partial charge in [-0.25, -0.2) is 5.01 Å². The Hall–Kier alpha value is -1.42. The van der Waals surface area contributed by atoms with E-state index in [4.69, 9.17) is 4.74 Å². The molecule has 0 N–H and O–H groups in total. The van der Waals surface area contributed by atoms with Crippen LogP contribution >= 0.6 is 0 Å². The summed E-state index contributed by atoms with van der Waals surface area (Å²) in [5.41, 5.74) is 1.08. The van der Waals surface area contributed by atoms with Crippen LogP contribution in [0, 0.1) is 4.91 Å². The van der Waals surface area contributed by atoms with Crippen LogP contribution in [-0.2, 0) is 4.74 Å². The van der Waals surface area contributed by atoms with Gasteiger partial charge in [0.1, 0.15) is 0 Å². The molecule has 4 heteroatoms. The second kappa shape index (κ2) is 4.19. The molecule has 0 aliphatic carbocycles. The molecule has 0 unspecified atom stereocenters. The minimum absolute atomic E-state index is 0.0255. The molecule has 1 aromatic carbocycles. The first-order valence-corrected chi connectivity index (χ1v) is 4.64. The van der Waals surface area contributed by atoms with E-state index in [1.165, 1.54) is 0 Å². The van der Waals surface area contributed by atoms with Crippen molar-refractivity contribution >= 4 is 0 Å². The molecule has 14 heavy (non-hydrogen) atoms. The van der Waals surface area contributed by atoms with Crippen molar-refractivity contribution in [2.24, 2.45) is 5.29 Å². The molecule has 1 saturated heterocycles. The quantitative estimate of drug-likeness (QED) is 0.670. The third-order valence-electron chi connectivity index (χ3n) is 2.39. The van der Waals surface area contributed by atoms with Crippen LogP contribution < -0.4 is 0 Å². The van der Waals surface area contributed by atoms with Gasteiger partial charge >= 0.3 is 0 Å². The van der Waals surface area contributed by atoms with Gasteiger partial charge in [0.25, 0.3) is 0 Å². The number of morpholine rings is 1. The topological polar surface area (TPSA) is 41.9 Å². The Kier molecular flexibility index (Phi) is 2.74. The van der Waals surface area contributed by atoms with E-state index >= 15 is 0 Å². The van der Waals surface area contributed by atoms with E-state index in [1.807, 2.05) is 30.3 Å².